The van der Waals surface area contributed by atoms with Gasteiger partial charge in [-0.15, -0.1) is 0 Å². The van der Waals surface area contributed by atoms with Crippen LogP contribution in [-0.4, -0.2) is 53.0 Å². The van der Waals surface area contributed by atoms with Gasteiger partial charge in [0.25, 0.3) is 5.91 Å². The van der Waals surface area contributed by atoms with E-state index in [0.29, 0.717) is 36.9 Å². The Kier molecular flexibility index (Phi) is 6.92. The summed E-state index contributed by atoms with van der Waals surface area (Å²) in [6, 6.07) is 16.1. The van der Waals surface area contributed by atoms with Crippen molar-refractivity contribution >= 4 is 42.6 Å². The van der Waals surface area contributed by atoms with Gasteiger partial charge in [0.05, 0.1) is 27.4 Å². The predicted molar refractivity (Wildman–Crippen MR) is 142 cm³/mol. The van der Waals surface area contributed by atoms with Gasteiger partial charge in [-0.25, -0.2) is 13.4 Å². The van der Waals surface area contributed by atoms with Crippen molar-refractivity contribution in [3.05, 3.63) is 71.5 Å². The quantitative estimate of drug-likeness (QED) is 0.352. The van der Waals surface area contributed by atoms with E-state index in [4.69, 9.17) is 4.98 Å². The van der Waals surface area contributed by atoms with E-state index in [0.717, 1.165) is 40.9 Å². The van der Waals surface area contributed by atoms with E-state index in [1.165, 1.54) is 27.8 Å². The number of thiazole rings is 1. The topological polar surface area (TPSA) is 88.4 Å². The van der Waals surface area contributed by atoms with Crippen molar-refractivity contribution in [2.24, 2.45) is 0 Å². The Morgan fingerprint density at radius 2 is 1.75 bits per heavy atom. The van der Waals surface area contributed by atoms with Gasteiger partial charge >= 0.3 is 0 Å². The fourth-order valence-corrected chi connectivity index (χ4v) is 7.04. The van der Waals surface area contributed by atoms with Crippen LogP contribution in [0.15, 0.2) is 59.5 Å². The highest BCUT2D eigenvalue weighted by Crippen LogP contribution is 2.30. The van der Waals surface area contributed by atoms with Crippen LogP contribution in [0.2, 0.25) is 0 Å². The standard InChI is InChI=1S/C26H29N5O3S2/c1-19-18-20(2)31(28-19)17-16-30(26-27-23-8-4-5-9-24(23)35-26)25(32)21-10-12-22(13-11-21)36(33,34)29-14-6-3-7-15-29/h4-5,8-13,18H,3,6-7,14-17H2,1-2H3. The lowest BCUT2D eigenvalue weighted by molar-refractivity contribution is 0.0985. The molecule has 0 radical (unpaired) electrons. The number of carbonyl (C=O) groups excluding carboxylic acids is 1. The number of sulfonamides is 1. The largest absolute Gasteiger partial charge is 0.282 e. The van der Waals surface area contributed by atoms with E-state index >= 15 is 0 Å². The van der Waals surface area contributed by atoms with E-state index in [9.17, 15) is 13.2 Å². The number of piperidine rings is 1. The van der Waals surface area contributed by atoms with Crippen molar-refractivity contribution in [1.29, 1.82) is 0 Å². The summed E-state index contributed by atoms with van der Waals surface area (Å²) in [5.74, 6) is -0.225. The maximum absolute atomic E-state index is 13.7. The van der Waals surface area contributed by atoms with Crippen LogP contribution in [0.5, 0.6) is 0 Å². The molecule has 5 rings (SSSR count). The van der Waals surface area contributed by atoms with Crippen LogP contribution >= 0.6 is 11.3 Å². The van der Waals surface area contributed by atoms with Crippen LogP contribution in [0.1, 0.15) is 41.0 Å². The lowest BCUT2D eigenvalue weighted by Gasteiger charge is -2.26. The number of amides is 1. The van der Waals surface area contributed by atoms with Crippen LogP contribution in [0.25, 0.3) is 10.2 Å². The summed E-state index contributed by atoms with van der Waals surface area (Å²) >= 11 is 1.46. The number of anilines is 1. The van der Waals surface area contributed by atoms with Gasteiger partial charge < -0.3 is 0 Å². The lowest BCUT2D eigenvalue weighted by atomic mass is 10.2. The smallest absolute Gasteiger partial charge is 0.260 e. The minimum Gasteiger partial charge on any atom is -0.282 e. The van der Waals surface area contributed by atoms with Gasteiger partial charge in [-0.2, -0.15) is 9.40 Å². The third-order valence-corrected chi connectivity index (χ3v) is 9.42. The zero-order valence-electron chi connectivity index (χ0n) is 20.4. The maximum atomic E-state index is 13.7. The molecule has 3 heterocycles. The lowest BCUT2D eigenvalue weighted by Crippen LogP contribution is -2.36. The molecule has 0 spiro atoms. The molecule has 0 N–H and O–H groups in total. The zero-order chi connectivity index (χ0) is 25.3. The van der Waals surface area contributed by atoms with E-state index in [2.05, 4.69) is 5.10 Å². The number of hydrogen-bond acceptors (Lipinski definition) is 6. The molecule has 36 heavy (non-hydrogen) atoms. The second-order valence-electron chi connectivity index (χ2n) is 9.06. The van der Waals surface area contributed by atoms with Gasteiger partial charge in [0.15, 0.2) is 5.13 Å². The van der Waals surface area contributed by atoms with Crippen LogP contribution in [0, 0.1) is 13.8 Å². The summed E-state index contributed by atoms with van der Waals surface area (Å²) in [7, 11) is -3.56. The number of hydrogen-bond donors (Lipinski definition) is 0. The van der Waals surface area contributed by atoms with Gasteiger partial charge in [-0.05, 0) is 69.2 Å². The fourth-order valence-electron chi connectivity index (χ4n) is 4.54. The highest BCUT2D eigenvalue weighted by molar-refractivity contribution is 7.89. The highest BCUT2D eigenvalue weighted by atomic mass is 32.2. The molecule has 1 aliphatic rings. The minimum absolute atomic E-state index is 0.218. The van der Waals surface area contributed by atoms with Crippen LogP contribution < -0.4 is 4.90 Å². The SMILES string of the molecule is Cc1cc(C)n(CCN(C(=O)c2ccc(S(=O)(=O)N3CCCCC3)cc2)c2nc3ccccc3s2)n1. The minimum atomic E-state index is -3.56. The van der Waals surface area contributed by atoms with Crippen LogP contribution in [0.3, 0.4) is 0 Å². The molecule has 0 unspecified atom stereocenters. The fraction of sp³-hybridized carbons (Fsp3) is 0.346. The number of carbonyl (C=O) groups is 1. The van der Waals surface area contributed by atoms with Gasteiger partial charge in [0.1, 0.15) is 0 Å². The molecule has 0 aliphatic carbocycles. The van der Waals surface area contributed by atoms with Gasteiger partial charge in [-0.3, -0.25) is 14.4 Å². The zero-order valence-corrected chi connectivity index (χ0v) is 22.1. The average Bonchev–Trinajstić information content (AvgIpc) is 3.46. The molecule has 0 saturated carbocycles. The molecule has 2 aromatic heterocycles. The Hall–Kier alpha value is -3.08. The Morgan fingerprint density at radius 1 is 1.03 bits per heavy atom. The first-order chi connectivity index (χ1) is 17.3. The monoisotopic (exact) mass is 523 g/mol. The number of nitrogens with zero attached hydrogens (tertiary/aromatic N) is 5. The first kappa shape index (κ1) is 24.6. The van der Waals surface area contributed by atoms with Crippen molar-refractivity contribution in [1.82, 2.24) is 19.1 Å². The first-order valence-corrected chi connectivity index (χ1v) is 14.4. The molecule has 2 aromatic carbocycles. The van der Waals surface area contributed by atoms with Crippen LogP contribution in [-0.2, 0) is 16.6 Å². The molecule has 0 atom stereocenters. The van der Waals surface area contributed by atoms with Gasteiger partial charge in [0, 0.05) is 30.9 Å². The molecule has 0 bridgehead atoms. The maximum Gasteiger partial charge on any atom is 0.260 e. The molecular weight excluding hydrogens is 494 g/mol. The molecule has 1 amide bonds. The number of para-hydroxylation sites is 1. The van der Waals surface area contributed by atoms with E-state index in [-0.39, 0.29) is 10.8 Å². The van der Waals surface area contributed by atoms with E-state index < -0.39 is 10.0 Å². The molecule has 1 aliphatic heterocycles. The van der Waals surface area contributed by atoms with Crippen molar-refractivity contribution in [2.45, 2.75) is 44.6 Å². The Morgan fingerprint density at radius 3 is 2.42 bits per heavy atom. The second kappa shape index (κ2) is 10.1. The number of benzene rings is 2. The third kappa shape index (κ3) is 4.93. The molecule has 1 saturated heterocycles. The predicted octanol–water partition coefficient (Wildman–Crippen LogP) is 4.63. The van der Waals surface area contributed by atoms with Crippen LogP contribution in [0.4, 0.5) is 5.13 Å². The van der Waals surface area contributed by atoms with Crippen molar-refractivity contribution < 1.29 is 13.2 Å². The van der Waals surface area contributed by atoms with E-state index in [1.807, 2.05) is 48.9 Å². The summed E-state index contributed by atoms with van der Waals surface area (Å²) in [5.41, 5.74) is 3.21. The first-order valence-electron chi connectivity index (χ1n) is 12.1. The molecule has 4 aromatic rings. The summed E-state index contributed by atoms with van der Waals surface area (Å²) in [6.45, 7) is 5.92. The normalized spacial score (nSPS) is 14.8. The molecule has 8 nitrogen and oxygen atoms in total. The second-order valence-corrected chi connectivity index (χ2v) is 12.0. The number of rotatable bonds is 7. The number of aromatic nitrogens is 3. The van der Waals surface area contributed by atoms with Crippen molar-refractivity contribution in [3.63, 3.8) is 0 Å². The molecule has 188 valence electrons. The van der Waals surface area contributed by atoms with Crippen molar-refractivity contribution in [3.8, 4) is 0 Å². The van der Waals surface area contributed by atoms with E-state index in [1.54, 1.807) is 17.0 Å². The summed E-state index contributed by atoms with van der Waals surface area (Å²) in [5, 5.41) is 5.13. The molecule has 1 fully saturated rings. The Labute approximate surface area is 215 Å². The number of fused-ring (bicyclic) bond motifs is 1. The average molecular weight is 524 g/mol. The number of aryl methyl sites for hydroxylation is 2. The highest BCUT2D eigenvalue weighted by Gasteiger charge is 2.27. The summed E-state index contributed by atoms with van der Waals surface area (Å²) in [4.78, 5) is 20.3. The summed E-state index contributed by atoms with van der Waals surface area (Å²) < 4.78 is 30.5. The third-order valence-electron chi connectivity index (χ3n) is 6.45. The summed E-state index contributed by atoms with van der Waals surface area (Å²) in [6.07, 6.45) is 2.81. The van der Waals surface area contributed by atoms with Gasteiger partial charge in [-0.1, -0.05) is 29.9 Å². The Balaban J connectivity index is 1.43. The Bertz CT molecular complexity index is 1450. The molecular formula is C26H29N5O3S2. The van der Waals surface area contributed by atoms with Crippen molar-refractivity contribution in [2.75, 3.05) is 24.5 Å². The molecule has 10 heteroatoms. The van der Waals surface area contributed by atoms with Gasteiger partial charge in [0.2, 0.25) is 10.0 Å².